The van der Waals surface area contributed by atoms with Crippen molar-refractivity contribution in [3.63, 3.8) is 0 Å². The van der Waals surface area contributed by atoms with Gasteiger partial charge in [0, 0.05) is 30.5 Å². The van der Waals surface area contributed by atoms with Crippen molar-refractivity contribution in [3.8, 4) is 12.1 Å². The van der Waals surface area contributed by atoms with Crippen LogP contribution in [0.3, 0.4) is 0 Å². The highest BCUT2D eigenvalue weighted by atomic mass is 15.2. The zero-order valence-corrected chi connectivity index (χ0v) is 14.9. The van der Waals surface area contributed by atoms with E-state index in [1.54, 1.807) is 18.2 Å². The highest BCUT2D eigenvalue weighted by Gasteiger charge is 2.10. The summed E-state index contributed by atoms with van der Waals surface area (Å²) in [7, 11) is 0. The lowest BCUT2D eigenvalue weighted by molar-refractivity contribution is 0.824. The number of nitrogens with zero attached hydrogens (tertiary/aromatic N) is 5. The van der Waals surface area contributed by atoms with Crippen LogP contribution in [0.1, 0.15) is 44.0 Å². The van der Waals surface area contributed by atoms with Gasteiger partial charge in [0.15, 0.2) is 0 Å². The third-order valence-electron chi connectivity index (χ3n) is 3.88. The first-order chi connectivity index (χ1) is 12.1. The summed E-state index contributed by atoms with van der Waals surface area (Å²) < 4.78 is 0. The predicted octanol–water partition coefficient (Wildman–Crippen LogP) is 3.76. The summed E-state index contributed by atoms with van der Waals surface area (Å²) in [6, 6.07) is 11.1. The van der Waals surface area contributed by atoms with Gasteiger partial charge in [0.2, 0.25) is 5.95 Å². The van der Waals surface area contributed by atoms with Crippen LogP contribution in [0, 0.1) is 22.7 Å². The van der Waals surface area contributed by atoms with Gasteiger partial charge in [-0.2, -0.15) is 15.5 Å². The Morgan fingerprint density at radius 1 is 1.00 bits per heavy atom. The monoisotopic (exact) mass is 334 g/mol. The second-order valence-corrected chi connectivity index (χ2v) is 5.57. The van der Waals surface area contributed by atoms with Crippen LogP contribution >= 0.6 is 0 Å². The van der Waals surface area contributed by atoms with Crippen LogP contribution in [0.4, 0.5) is 17.5 Å². The number of anilines is 3. The minimum atomic E-state index is 0.334. The molecule has 0 aliphatic rings. The van der Waals surface area contributed by atoms with Gasteiger partial charge in [0.1, 0.15) is 18.0 Å². The molecule has 0 spiro atoms. The van der Waals surface area contributed by atoms with Gasteiger partial charge < -0.3 is 10.2 Å². The lowest BCUT2D eigenvalue weighted by atomic mass is 10.1. The molecular formula is C19H22N6. The molecule has 2 rings (SSSR count). The molecule has 0 saturated heterocycles. The van der Waals surface area contributed by atoms with E-state index in [1.165, 1.54) is 0 Å². The zero-order valence-electron chi connectivity index (χ0n) is 14.9. The van der Waals surface area contributed by atoms with Crippen molar-refractivity contribution < 1.29 is 0 Å². The number of hydrogen-bond donors (Lipinski definition) is 1. The van der Waals surface area contributed by atoms with Crippen molar-refractivity contribution in [2.45, 2.75) is 33.6 Å². The summed E-state index contributed by atoms with van der Waals surface area (Å²) in [5, 5.41) is 21.4. The molecule has 0 radical (unpaired) electrons. The van der Waals surface area contributed by atoms with Crippen molar-refractivity contribution >= 4 is 17.5 Å². The van der Waals surface area contributed by atoms with Crippen LogP contribution in [0.25, 0.3) is 0 Å². The molecule has 1 aromatic carbocycles. The van der Waals surface area contributed by atoms with Crippen molar-refractivity contribution in [3.05, 3.63) is 41.1 Å². The number of rotatable bonds is 7. The van der Waals surface area contributed by atoms with Crippen LogP contribution in [-0.2, 0) is 6.42 Å². The molecule has 25 heavy (non-hydrogen) atoms. The number of aromatic nitrogens is 2. The molecule has 0 unspecified atom stereocenters. The second-order valence-electron chi connectivity index (χ2n) is 5.57. The Morgan fingerprint density at radius 2 is 1.72 bits per heavy atom. The molecule has 128 valence electrons. The predicted molar refractivity (Wildman–Crippen MR) is 98.7 cm³/mol. The molecule has 0 saturated carbocycles. The van der Waals surface area contributed by atoms with Gasteiger partial charge in [-0.25, -0.2) is 4.98 Å². The summed E-state index contributed by atoms with van der Waals surface area (Å²) in [5.74, 6) is 1.39. The van der Waals surface area contributed by atoms with E-state index in [0.717, 1.165) is 37.4 Å². The standard InChI is InChI=1S/C19H22N6/c1-4-7-16-11-18(25(5-2)6-3)24-19(22-16)23-17-9-8-14(12-20)15(10-17)13-21/h8-11H,4-7H2,1-3H3,(H,22,23,24). The van der Waals surface area contributed by atoms with Crippen LogP contribution in [0.2, 0.25) is 0 Å². The topological polar surface area (TPSA) is 88.6 Å². The molecule has 1 heterocycles. The number of hydrogen-bond acceptors (Lipinski definition) is 6. The normalized spacial score (nSPS) is 9.96. The zero-order chi connectivity index (χ0) is 18.2. The molecule has 0 fully saturated rings. The van der Waals surface area contributed by atoms with E-state index in [1.807, 2.05) is 18.2 Å². The molecule has 6 nitrogen and oxygen atoms in total. The summed E-state index contributed by atoms with van der Waals surface area (Å²) >= 11 is 0. The Morgan fingerprint density at radius 3 is 2.32 bits per heavy atom. The summed E-state index contributed by atoms with van der Waals surface area (Å²) in [6.45, 7) is 8.05. The highest BCUT2D eigenvalue weighted by Crippen LogP contribution is 2.21. The maximum atomic E-state index is 9.17. The quantitative estimate of drug-likeness (QED) is 0.829. The molecule has 1 N–H and O–H groups in total. The Kier molecular flexibility index (Phi) is 6.31. The first-order valence-corrected chi connectivity index (χ1v) is 8.49. The van der Waals surface area contributed by atoms with Crippen molar-refractivity contribution in [2.75, 3.05) is 23.3 Å². The number of nitriles is 2. The van der Waals surface area contributed by atoms with Gasteiger partial charge in [-0.1, -0.05) is 13.3 Å². The number of aryl methyl sites for hydroxylation is 1. The molecule has 0 aliphatic heterocycles. The average molecular weight is 334 g/mol. The maximum absolute atomic E-state index is 9.17. The van der Waals surface area contributed by atoms with Crippen molar-refractivity contribution in [1.82, 2.24) is 9.97 Å². The van der Waals surface area contributed by atoms with Gasteiger partial charge in [-0.15, -0.1) is 0 Å². The molecule has 1 aromatic heterocycles. The Hall–Kier alpha value is -3.12. The van der Waals surface area contributed by atoms with Crippen LogP contribution in [-0.4, -0.2) is 23.1 Å². The average Bonchev–Trinajstić information content (AvgIpc) is 2.63. The lowest BCUT2D eigenvalue weighted by Gasteiger charge is -2.21. The van der Waals surface area contributed by atoms with E-state index < -0.39 is 0 Å². The van der Waals surface area contributed by atoms with E-state index >= 15 is 0 Å². The Bertz CT molecular complexity index is 812. The molecule has 0 bridgehead atoms. The van der Waals surface area contributed by atoms with E-state index in [9.17, 15) is 0 Å². The molecule has 0 amide bonds. The second kappa shape index (κ2) is 8.65. The Labute approximate surface area is 148 Å². The molecule has 6 heteroatoms. The summed E-state index contributed by atoms with van der Waals surface area (Å²) in [4.78, 5) is 11.3. The molecule has 0 aliphatic carbocycles. The fourth-order valence-corrected chi connectivity index (χ4v) is 2.57. The first-order valence-electron chi connectivity index (χ1n) is 8.49. The minimum absolute atomic E-state index is 0.334. The van der Waals surface area contributed by atoms with Gasteiger partial charge >= 0.3 is 0 Å². The fourth-order valence-electron chi connectivity index (χ4n) is 2.57. The number of nitrogens with one attached hydrogen (secondary N) is 1. The van der Waals surface area contributed by atoms with Gasteiger partial charge in [-0.3, -0.25) is 0 Å². The van der Waals surface area contributed by atoms with E-state index in [2.05, 4.69) is 41.0 Å². The third-order valence-corrected chi connectivity index (χ3v) is 3.88. The molecular weight excluding hydrogens is 312 g/mol. The lowest BCUT2D eigenvalue weighted by Crippen LogP contribution is -2.23. The van der Waals surface area contributed by atoms with E-state index in [-0.39, 0.29) is 0 Å². The third kappa shape index (κ3) is 4.45. The fraction of sp³-hybridized carbons (Fsp3) is 0.368. The Balaban J connectivity index is 2.38. The maximum Gasteiger partial charge on any atom is 0.229 e. The smallest absolute Gasteiger partial charge is 0.229 e. The minimum Gasteiger partial charge on any atom is -0.357 e. The van der Waals surface area contributed by atoms with Crippen LogP contribution < -0.4 is 10.2 Å². The van der Waals surface area contributed by atoms with Gasteiger partial charge in [-0.05, 0) is 38.5 Å². The van der Waals surface area contributed by atoms with E-state index in [0.29, 0.717) is 22.8 Å². The first kappa shape index (κ1) is 18.2. The van der Waals surface area contributed by atoms with Crippen molar-refractivity contribution in [2.24, 2.45) is 0 Å². The van der Waals surface area contributed by atoms with Gasteiger partial charge in [0.05, 0.1) is 11.1 Å². The SMILES string of the molecule is CCCc1cc(N(CC)CC)nc(Nc2ccc(C#N)c(C#N)c2)n1. The summed E-state index contributed by atoms with van der Waals surface area (Å²) in [5.41, 5.74) is 2.37. The number of benzene rings is 1. The summed E-state index contributed by atoms with van der Waals surface area (Å²) in [6.07, 6.45) is 1.88. The van der Waals surface area contributed by atoms with Crippen molar-refractivity contribution in [1.29, 1.82) is 10.5 Å². The highest BCUT2D eigenvalue weighted by molar-refractivity contribution is 5.61. The molecule has 2 aromatic rings. The van der Waals surface area contributed by atoms with E-state index in [4.69, 9.17) is 10.5 Å². The molecule has 0 atom stereocenters. The largest absolute Gasteiger partial charge is 0.357 e. The van der Waals surface area contributed by atoms with Gasteiger partial charge in [0.25, 0.3) is 0 Å². The van der Waals surface area contributed by atoms with Crippen LogP contribution in [0.5, 0.6) is 0 Å². The van der Waals surface area contributed by atoms with Crippen LogP contribution in [0.15, 0.2) is 24.3 Å².